The fourth-order valence-corrected chi connectivity index (χ4v) is 3.21. The topological polar surface area (TPSA) is 20.3 Å². The van der Waals surface area contributed by atoms with E-state index in [0.29, 0.717) is 11.7 Å². The van der Waals surface area contributed by atoms with Crippen LogP contribution in [0.5, 0.6) is 0 Å². The van der Waals surface area contributed by atoms with Gasteiger partial charge in [0.25, 0.3) is 0 Å². The summed E-state index contributed by atoms with van der Waals surface area (Å²) in [4.78, 5) is 13.6. The predicted molar refractivity (Wildman–Crippen MR) is 82.3 cm³/mol. The van der Waals surface area contributed by atoms with Gasteiger partial charge in [0.2, 0.25) is 0 Å². The number of hydrogen-bond donors (Lipinski definition) is 0. The van der Waals surface area contributed by atoms with E-state index in [1.54, 1.807) is 0 Å². The van der Waals surface area contributed by atoms with Crippen molar-refractivity contribution < 1.29 is 4.79 Å². The Labute approximate surface area is 124 Å². The highest BCUT2D eigenvalue weighted by Crippen LogP contribution is 2.22. The molecule has 1 aromatic carbocycles. The minimum absolute atomic E-state index is 0.451. The third-order valence-corrected chi connectivity index (χ3v) is 4.73. The summed E-state index contributed by atoms with van der Waals surface area (Å²) in [6, 6.07) is 8.42. The van der Waals surface area contributed by atoms with Crippen LogP contribution in [-0.4, -0.2) is 30.8 Å². The molecular weight excluding hydrogens is 302 g/mol. The first-order valence-electron chi connectivity index (χ1n) is 7.09. The van der Waals surface area contributed by atoms with Crippen molar-refractivity contribution in [3.05, 3.63) is 34.3 Å². The normalized spacial score (nSPS) is 17.1. The molecule has 0 atom stereocenters. The minimum atomic E-state index is 0.451. The molecule has 1 fully saturated rings. The smallest absolute Gasteiger partial charge is 0.132 e. The number of carbonyl (C=O) groups excluding carboxylic acids is 1. The third-order valence-electron chi connectivity index (χ3n) is 3.95. The summed E-state index contributed by atoms with van der Waals surface area (Å²) in [5, 5.41) is 0. The van der Waals surface area contributed by atoms with Gasteiger partial charge < -0.3 is 4.90 Å². The van der Waals surface area contributed by atoms with Crippen LogP contribution in [0, 0.1) is 5.92 Å². The van der Waals surface area contributed by atoms with Gasteiger partial charge >= 0.3 is 0 Å². The quantitative estimate of drug-likeness (QED) is 0.823. The molecule has 0 aromatic heterocycles. The van der Waals surface area contributed by atoms with Crippen molar-refractivity contribution in [2.24, 2.45) is 5.92 Å². The maximum atomic E-state index is 11.2. The van der Waals surface area contributed by atoms with Gasteiger partial charge in [0.1, 0.15) is 5.78 Å². The van der Waals surface area contributed by atoms with E-state index >= 15 is 0 Å². The van der Waals surface area contributed by atoms with E-state index in [0.717, 1.165) is 45.2 Å². The Morgan fingerprint density at radius 3 is 2.63 bits per heavy atom. The van der Waals surface area contributed by atoms with Gasteiger partial charge in [0.05, 0.1) is 0 Å². The van der Waals surface area contributed by atoms with Gasteiger partial charge in [-0.25, -0.2) is 0 Å². The van der Waals surface area contributed by atoms with Crippen molar-refractivity contribution in [3.8, 4) is 0 Å². The standard InChI is InChI=1S/C16H22BrNO/c1-18(12-13-6-8-15(19)9-7-13)11-10-14-4-2-3-5-16(14)17/h2-5,13H,6-12H2,1H3. The fourth-order valence-electron chi connectivity index (χ4n) is 2.73. The van der Waals surface area contributed by atoms with Crippen LogP contribution in [0.25, 0.3) is 0 Å². The van der Waals surface area contributed by atoms with Crippen LogP contribution >= 0.6 is 15.9 Å². The van der Waals surface area contributed by atoms with Crippen LogP contribution in [0.2, 0.25) is 0 Å². The monoisotopic (exact) mass is 323 g/mol. The molecule has 0 N–H and O–H groups in total. The largest absolute Gasteiger partial charge is 0.306 e. The number of nitrogens with zero attached hydrogens (tertiary/aromatic N) is 1. The lowest BCUT2D eigenvalue weighted by atomic mass is 9.88. The van der Waals surface area contributed by atoms with Crippen molar-refractivity contribution in [3.63, 3.8) is 0 Å². The summed E-state index contributed by atoms with van der Waals surface area (Å²) < 4.78 is 1.20. The maximum absolute atomic E-state index is 11.2. The molecule has 0 radical (unpaired) electrons. The van der Waals surface area contributed by atoms with Gasteiger partial charge in [-0.3, -0.25) is 4.79 Å². The zero-order valence-electron chi connectivity index (χ0n) is 11.6. The summed E-state index contributed by atoms with van der Waals surface area (Å²) in [7, 11) is 2.19. The molecule has 0 heterocycles. The highest BCUT2D eigenvalue weighted by molar-refractivity contribution is 9.10. The lowest BCUT2D eigenvalue weighted by Gasteiger charge is -2.26. The molecule has 2 rings (SSSR count). The second-order valence-corrected chi connectivity index (χ2v) is 6.44. The SMILES string of the molecule is CN(CCc1ccccc1Br)CC1CCC(=O)CC1. The highest BCUT2D eigenvalue weighted by Gasteiger charge is 2.19. The molecule has 0 amide bonds. The molecule has 0 aliphatic heterocycles. The first kappa shape index (κ1) is 14.7. The number of halogens is 1. The van der Waals surface area contributed by atoms with Gasteiger partial charge in [0.15, 0.2) is 0 Å². The van der Waals surface area contributed by atoms with E-state index in [1.807, 2.05) is 0 Å². The lowest BCUT2D eigenvalue weighted by Crippen LogP contribution is -2.30. The molecule has 19 heavy (non-hydrogen) atoms. The Bertz CT molecular complexity index is 423. The summed E-state index contributed by atoms with van der Waals surface area (Å²) in [5.41, 5.74) is 1.37. The molecule has 1 aliphatic rings. The number of Topliss-reactive ketones (excluding diaryl/α,β-unsaturated/α-hetero) is 1. The first-order valence-corrected chi connectivity index (χ1v) is 7.88. The second-order valence-electron chi connectivity index (χ2n) is 5.59. The Balaban J connectivity index is 1.74. The Hall–Kier alpha value is -0.670. The van der Waals surface area contributed by atoms with E-state index in [2.05, 4.69) is 52.1 Å². The van der Waals surface area contributed by atoms with Crippen LogP contribution in [0.15, 0.2) is 28.7 Å². The number of hydrogen-bond acceptors (Lipinski definition) is 2. The average Bonchev–Trinajstić information content (AvgIpc) is 2.40. The summed E-state index contributed by atoms with van der Waals surface area (Å²) in [5.74, 6) is 1.16. The molecule has 0 spiro atoms. The van der Waals surface area contributed by atoms with E-state index in [4.69, 9.17) is 0 Å². The zero-order valence-corrected chi connectivity index (χ0v) is 13.2. The minimum Gasteiger partial charge on any atom is -0.306 e. The lowest BCUT2D eigenvalue weighted by molar-refractivity contribution is -0.121. The van der Waals surface area contributed by atoms with Crippen molar-refractivity contribution in [2.45, 2.75) is 32.1 Å². The molecule has 3 heteroatoms. The number of likely N-dealkylation sites (N-methyl/N-ethyl adjacent to an activating group) is 1. The number of carbonyl (C=O) groups is 1. The molecule has 0 unspecified atom stereocenters. The van der Waals surface area contributed by atoms with Crippen molar-refractivity contribution in [2.75, 3.05) is 20.1 Å². The average molecular weight is 324 g/mol. The Morgan fingerprint density at radius 2 is 1.95 bits per heavy atom. The van der Waals surface area contributed by atoms with E-state index in [9.17, 15) is 4.79 Å². The van der Waals surface area contributed by atoms with Gasteiger partial charge in [-0.1, -0.05) is 34.1 Å². The van der Waals surface area contributed by atoms with Crippen molar-refractivity contribution in [1.82, 2.24) is 4.90 Å². The first-order chi connectivity index (χ1) is 9.15. The Morgan fingerprint density at radius 1 is 1.26 bits per heavy atom. The highest BCUT2D eigenvalue weighted by atomic mass is 79.9. The summed E-state index contributed by atoms with van der Waals surface area (Å²) >= 11 is 3.60. The third kappa shape index (κ3) is 4.73. The predicted octanol–water partition coefficient (Wildman–Crippen LogP) is 3.68. The molecule has 1 aromatic rings. The van der Waals surface area contributed by atoms with E-state index in [1.165, 1.54) is 10.0 Å². The molecular formula is C16H22BrNO. The van der Waals surface area contributed by atoms with Crippen molar-refractivity contribution >= 4 is 21.7 Å². The van der Waals surface area contributed by atoms with Gasteiger partial charge in [-0.2, -0.15) is 0 Å². The number of benzene rings is 1. The van der Waals surface area contributed by atoms with E-state index in [-0.39, 0.29) is 0 Å². The molecule has 0 saturated heterocycles. The van der Waals surface area contributed by atoms with Crippen LogP contribution in [0.1, 0.15) is 31.2 Å². The van der Waals surface area contributed by atoms with Crippen LogP contribution in [-0.2, 0) is 11.2 Å². The fraction of sp³-hybridized carbons (Fsp3) is 0.562. The molecule has 104 valence electrons. The Kier molecular flexibility index (Phi) is 5.59. The second kappa shape index (κ2) is 7.20. The number of rotatable bonds is 5. The summed E-state index contributed by atoms with van der Waals surface area (Å²) in [6.07, 6.45) is 4.82. The van der Waals surface area contributed by atoms with Crippen LogP contribution in [0.3, 0.4) is 0 Å². The maximum Gasteiger partial charge on any atom is 0.132 e. The van der Waals surface area contributed by atoms with Gasteiger partial charge in [-0.15, -0.1) is 0 Å². The van der Waals surface area contributed by atoms with Crippen LogP contribution in [0.4, 0.5) is 0 Å². The molecule has 1 aliphatic carbocycles. The molecule has 2 nitrogen and oxygen atoms in total. The van der Waals surface area contributed by atoms with E-state index < -0.39 is 0 Å². The van der Waals surface area contributed by atoms with Gasteiger partial charge in [-0.05, 0) is 43.9 Å². The zero-order chi connectivity index (χ0) is 13.7. The molecule has 1 saturated carbocycles. The van der Waals surface area contributed by atoms with Crippen LogP contribution < -0.4 is 0 Å². The number of ketones is 1. The van der Waals surface area contributed by atoms with Crippen molar-refractivity contribution in [1.29, 1.82) is 0 Å². The summed E-state index contributed by atoms with van der Waals surface area (Å²) in [6.45, 7) is 2.20. The van der Waals surface area contributed by atoms with Gasteiger partial charge in [0, 0.05) is 30.4 Å². The molecule has 0 bridgehead atoms.